The van der Waals surface area contributed by atoms with E-state index in [4.69, 9.17) is 18.5 Å². The fourth-order valence-electron chi connectivity index (χ4n) is 2.87. The largest absolute Gasteiger partial charge is 0.489 e. The number of esters is 1. The summed E-state index contributed by atoms with van der Waals surface area (Å²) in [4.78, 5) is 11.5. The van der Waals surface area contributed by atoms with E-state index >= 15 is 0 Å². The van der Waals surface area contributed by atoms with Gasteiger partial charge in [-0.05, 0) is 38.0 Å². The van der Waals surface area contributed by atoms with Crippen molar-refractivity contribution in [3.05, 3.63) is 29.8 Å². The van der Waals surface area contributed by atoms with E-state index in [0.29, 0.717) is 38.8 Å². The van der Waals surface area contributed by atoms with Crippen molar-refractivity contribution >= 4 is 13.6 Å². The third kappa shape index (κ3) is 6.09. The third-order valence-electron chi connectivity index (χ3n) is 4.13. The summed E-state index contributed by atoms with van der Waals surface area (Å²) in [5, 5.41) is 3.09. The van der Waals surface area contributed by atoms with Crippen LogP contribution in [0.4, 0.5) is 0 Å². The van der Waals surface area contributed by atoms with Gasteiger partial charge in [-0.15, -0.1) is 0 Å². The van der Waals surface area contributed by atoms with Gasteiger partial charge in [-0.1, -0.05) is 12.1 Å². The molecular weight excluding hydrogens is 357 g/mol. The molecule has 146 valence electrons. The van der Waals surface area contributed by atoms with Crippen molar-refractivity contribution in [2.75, 3.05) is 33.0 Å². The molecule has 0 unspecified atom stereocenters. The van der Waals surface area contributed by atoms with E-state index in [1.54, 1.807) is 13.8 Å². The van der Waals surface area contributed by atoms with Crippen LogP contribution >= 0.6 is 7.60 Å². The third-order valence-corrected chi connectivity index (χ3v) is 6.20. The molecule has 0 spiro atoms. The lowest BCUT2D eigenvalue weighted by atomic mass is 10.1. The van der Waals surface area contributed by atoms with E-state index in [2.05, 4.69) is 5.32 Å². The number of ether oxygens (including phenoxy) is 2. The molecule has 1 aromatic carbocycles. The van der Waals surface area contributed by atoms with Crippen LogP contribution in [-0.2, 0) is 29.6 Å². The van der Waals surface area contributed by atoms with Crippen LogP contribution in [0.2, 0.25) is 0 Å². The number of methoxy groups -OCH3 is 1. The zero-order valence-corrected chi connectivity index (χ0v) is 16.5. The predicted molar refractivity (Wildman–Crippen MR) is 98.7 cm³/mol. The summed E-state index contributed by atoms with van der Waals surface area (Å²) < 4.78 is 33.7. The van der Waals surface area contributed by atoms with Crippen LogP contribution in [0.3, 0.4) is 0 Å². The molecule has 1 fully saturated rings. The highest BCUT2D eigenvalue weighted by Gasteiger charge is 2.31. The van der Waals surface area contributed by atoms with Crippen LogP contribution in [0, 0.1) is 0 Å². The Kier molecular flexibility index (Phi) is 8.10. The molecule has 1 saturated heterocycles. The second-order valence-electron chi connectivity index (χ2n) is 6.02. The van der Waals surface area contributed by atoms with Crippen molar-refractivity contribution in [1.82, 2.24) is 5.32 Å². The van der Waals surface area contributed by atoms with Crippen LogP contribution in [0.5, 0.6) is 5.75 Å². The zero-order valence-electron chi connectivity index (χ0n) is 15.6. The van der Waals surface area contributed by atoms with Gasteiger partial charge in [-0.3, -0.25) is 9.36 Å². The fourth-order valence-corrected chi connectivity index (χ4v) is 4.52. The van der Waals surface area contributed by atoms with E-state index in [1.165, 1.54) is 7.11 Å². The molecule has 0 amide bonds. The Morgan fingerprint density at radius 2 is 1.85 bits per heavy atom. The van der Waals surface area contributed by atoms with Gasteiger partial charge in [-0.25, -0.2) is 0 Å². The zero-order chi connectivity index (χ0) is 19.0. The maximum absolute atomic E-state index is 12.5. The van der Waals surface area contributed by atoms with Gasteiger partial charge in [0.25, 0.3) is 0 Å². The van der Waals surface area contributed by atoms with Crippen molar-refractivity contribution in [2.24, 2.45) is 0 Å². The molecule has 26 heavy (non-hydrogen) atoms. The Hall–Kier alpha value is -1.40. The Morgan fingerprint density at radius 3 is 2.42 bits per heavy atom. The number of rotatable bonds is 10. The number of hydrogen-bond acceptors (Lipinski definition) is 7. The summed E-state index contributed by atoms with van der Waals surface area (Å²) in [5.74, 6) is 0.475. The minimum atomic E-state index is -3.02. The maximum atomic E-state index is 12.5. The lowest BCUT2D eigenvalue weighted by Crippen LogP contribution is -2.31. The number of carbonyl (C=O) groups excluding carboxylic acids is 1. The molecule has 0 saturated carbocycles. The topological polar surface area (TPSA) is 83.1 Å². The van der Waals surface area contributed by atoms with Crippen molar-refractivity contribution in [2.45, 2.75) is 38.8 Å². The normalized spacial score (nSPS) is 20.1. The Labute approximate surface area is 154 Å². The van der Waals surface area contributed by atoms with Crippen LogP contribution in [0.15, 0.2) is 24.3 Å². The average Bonchev–Trinajstić information content (AvgIpc) is 3.09. The van der Waals surface area contributed by atoms with Gasteiger partial charge >= 0.3 is 13.6 Å². The number of carbonyl (C=O) groups is 1. The molecule has 7 nitrogen and oxygen atoms in total. The van der Waals surface area contributed by atoms with Crippen LogP contribution in [-0.4, -0.2) is 51.1 Å². The molecule has 0 bridgehead atoms. The molecule has 8 heteroatoms. The van der Waals surface area contributed by atoms with Crippen molar-refractivity contribution in [3.8, 4) is 5.75 Å². The molecule has 0 aromatic heterocycles. The minimum Gasteiger partial charge on any atom is -0.489 e. The molecule has 1 aliphatic rings. The summed E-state index contributed by atoms with van der Waals surface area (Å²) >= 11 is 0. The van der Waals surface area contributed by atoms with Crippen LogP contribution in [0.25, 0.3) is 0 Å². The van der Waals surface area contributed by atoms with E-state index in [0.717, 1.165) is 11.3 Å². The average molecular weight is 385 g/mol. The first-order chi connectivity index (χ1) is 12.5. The molecule has 1 heterocycles. The Bertz CT molecular complexity index is 611. The molecule has 0 aliphatic carbocycles. The highest BCUT2D eigenvalue weighted by atomic mass is 31.2. The molecule has 0 radical (unpaired) electrons. The van der Waals surface area contributed by atoms with Gasteiger partial charge in [0.2, 0.25) is 0 Å². The Balaban J connectivity index is 1.85. The number of nitrogens with one attached hydrogen (secondary N) is 1. The summed E-state index contributed by atoms with van der Waals surface area (Å²) in [5.41, 5.74) is 1.04. The quantitative estimate of drug-likeness (QED) is 0.490. The van der Waals surface area contributed by atoms with Crippen LogP contribution < -0.4 is 10.1 Å². The van der Waals surface area contributed by atoms with Gasteiger partial charge in [0.1, 0.15) is 17.9 Å². The van der Waals surface area contributed by atoms with Crippen molar-refractivity contribution in [1.29, 1.82) is 0 Å². The molecule has 1 aliphatic heterocycles. The van der Waals surface area contributed by atoms with E-state index in [9.17, 15) is 9.36 Å². The van der Waals surface area contributed by atoms with Crippen LogP contribution in [0.1, 0.15) is 25.8 Å². The number of aryl methyl sites for hydroxylation is 1. The molecule has 1 aromatic rings. The summed E-state index contributed by atoms with van der Waals surface area (Å²) in [7, 11) is -1.64. The first-order valence-electron chi connectivity index (χ1n) is 8.94. The smallest absolute Gasteiger partial charge is 0.330 e. The molecule has 1 N–H and O–H groups in total. The SMILES string of the molecule is CCOP(=O)(CCc1ccc(O[C@@H]2CN[C@H](C(=O)OC)C2)cc1)OCC. The summed E-state index contributed by atoms with van der Waals surface area (Å²) in [6.45, 7) is 4.95. The summed E-state index contributed by atoms with van der Waals surface area (Å²) in [6, 6.07) is 7.34. The van der Waals surface area contributed by atoms with Crippen molar-refractivity contribution < 1.29 is 27.9 Å². The van der Waals surface area contributed by atoms with E-state index in [-0.39, 0.29) is 18.1 Å². The van der Waals surface area contributed by atoms with Gasteiger partial charge in [0.15, 0.2) is 0 Å². The summed E-state index contributed by atoms with van der Waals surface area (Å²) in [6.07, 6.45) is 1.47. The lowest BCUT2D eigenvalue weighted by Gasteiger charge is -2.17. The van der Waals surface area contributed by atoms with Crippen molar-refractivity contribution in [3.63, 3.8) is 0 Å². The van der Waals surface area contributed by atoms with Gasteiger partial charge in [-0.2, -0.15) is 0 Å². The minimum absolute atomic E-state index is 0.0684. The number of benzene rings is 1. The van der Waals surface area contributed by atoms with Gasteiger partial charge in [0, 0.05) is 13.0 Å². The first kappa shape index (κ1) is 20.9. The monoisotopic (exact) mass is 385 g/mol. The maximum Gasteiger partial charge on any atom is 0.330 e. The highest BCUT2D eigenvalue weighted by Crippen LogP contribution is 2.48. The molecule has 2 atom stereocenters. The second kappa shape index (κ2) is 10.1. The fraction of sp³-hybridized carbons (Fsp3) is 0.611. The predicted octanol–water partition coefficient (Wildman–Crippen LogP) is 2.78. The lowest BCUT2D eigenvalue weighted by molar-refractivity contribution is -0.142. The molecule has 2 rings (SSSR count). The number of hydrogen-bond donors (Lipinski definition) is 1. The standard InChI is InChI=1S/C18H28NO6P/c1-4-23-26(21,24-5-2)11-10-14-6-8-15(9-7-14)25-16-12-17(19-13-16)18(20)22-3/h6-9,16-17,19H,4-5,10-13H2,1-3H3/t16-,17-/m0/s1. The Morgan fingerprint density at radius 1 is 1.19 bits per heavy atom. The van der Waals surface area contributed by atoms with E-state index < -0.39 is 7.60 Å². The highest BCUT2D eigenvalue weighted by molar-refractivity contribution is 7.53. The van der Waals surface area contributed by atoms with Gasteiger partial charge in [0.05, 0.1) is 26.5 Å². The second-order valence-corrected chi connectivity index (χ2v) is 8.21. The van der Waals surface area contributed by atoms with Gasteiger partial charge < -0.3 is 23.8 Å². The first-order valence-corrected chi connectivity index (χ1v) is 10.7. The molecular formula is C18H28NO6P. The van der Waals surface area contributed by atoms with E-state index in [1.807, 2.05) is 24.3 Å².